The Hall–Kier alpha value is -4.01. The molecule has 0 atom stereocenters. The van der Waals surface area contributed by atoms with Crippen LogP contribution < -0.4 is 16.6 Å². The molecule has 2 heterocycles. The van der Waals surface area contributed by atoms with Crippen molar-refractivity contribution in [3.8, 4) is 11.5 Å². The van der Waals surface area contributed by atoms with Crippen molar-refractivity contribution in [2.75, 3.05) is 5.32 Å². The molecule has 4 rings (SSSR count). The molecule has 0 unspecified atom stereocenters. The van der Waals surface area contributed by atoms with Gasteiger partial charge in [0.2, 0.25) is 18.2 Å². The van der Waals surface area contributed by atoms with Crippen molar-refractivity contribution in [3.63, 3.8) is 0 Å². The third kappa shape index (κ3) is 3.45. The van der Waals surface area contributed by atoms with E-state index in [2.05, 4.69) is 15.5 Å². The molecule has 0 bridgehead atoms. The SMILES string of the molecule is CCn1c(=O)c2ccccc2n(CC(=O)Nc2cccc(-c3nnco3)c2)c1=O. The number of benzene rings is 2. The number of carbonyl (C=O) groups is 1. The molecule has 0 fully saturated rings. The molecule has 0 radical (unpaired) electrons. The lowest BCUT2D eigenvalue weighted by Crippen LogP contribution is -2.41. The Morgan fingerprint density at radius 2 is 1.93 bits per heavy atom. The van der Waals surface area contributed by atoms with Gasteiger partial charge in [-0.25, -0.2) is 4.79 Å². The Labute approximate surface area is 164 Å². The first-order valence-corrected chi connectivity index (χ1v) is 8.97. The first-order valence-electron chi connectivity index (χ1n) is 8.97. The summed E-state index contributed by atoms with van der Waals surface area (Å²) >= 11 is 0. The highest BCUT2D eigenvalue weighted by molar-refractivity contribution is 5.92. The number of fused-ring (bicyclic) bond motifs is 1. The van der Waals surface area contributed by atoms with Crippen molar-refractivity contribution >= 4 is 22.5 Å². The summed E-state index contributed by atoms with van der Waals surface area (Å²) < 4.78 is 7.58. The van der Waals surface area contributed by atoms with Gasteiger partial charge in [-0.15, -0.1) is 10.2 Å². The second-order valence-electron chi connectivity index (χ2n) is 6.31. The van der Waals surface area contributed by atoms with Crippen LogP contribution in [0.5, 0.6) is 0 Å². The van der Waals surface area contributed by atoms with Gasteiger partial charge in [0, 0.05) is 17.8 Å². The third-order valence-electron chi connectivity index (χ3n) is 4.50. The highest BCUT2D eigenvalue weighted by Gasteiger charge is 2.15. The number of amides is 1. The first kappa shape index (κ1) is 18.4. The van der Waals surface area contributed by atoms with Crippen LogP contribution in [0, 0.1) is 0 Å². The van der Waals surface area contributed by atoms with Crippen molar-refractivity contribution in [2.45, 2.75) is 20.0 Å². The Bertz CT molecular complexity index is 1300. The standard InChI is InChI=1S/C20H17N5O4/c1-2-24-19(27)15-8-3-4-9-16(15)25(20(24)28)11-17(26)22-14-7-5-6-13(10-14)18-23-21-12-29-18/h3-10,12H,2,11H2,1H3,(H,22,26). The zero-order valence-corrected chi connectivity index (χ0v) is 15.5. The van der Waals surface area contributed by atoms with Gasteiger partial charge in [0.05, 0.1) is 10.9 Å². The Balaban J connectivity index is 1.66. The second kappa shape index (κ2) is 7.55. The van der Waals surface area contributed by atoms with E-state index in [1.54, 1.807) is 55.5 Å². The van der Waals surface area contributed by atoms with E-state index in [0.717, 1.165) is 4.57 Å². The fourth-order valence-corrected chi connectivity index (χ4v) is 3.18. The molecule has 0 aliphatic heterocycles. The average molecular weight is 391 g/mol. The number of hydrogen-bond donors (Lipinski definition) is 1. The summed E-state index contributed by atoms with van der Waals surface area (Å²) in [6, 6.07) is 13.7. The molecule has 146 valence electrons. The topological polar surface area (TPSA) is 112 Å². The minimum atomic E-state index is -0.522. The van der Waals surface area contributed by atoms with E-state index in [-0.39, 0.29) is 18.6 Å². The lowest BCUT2D eigenvalue weighted by atomic mass is 10.2. The van der Waals surface area contributed by atoms with Crippen molar-refractivity contribution in [1.82, 2.24) is 19.3 Å². The lowest BCUT2D eigenvalue weighted by molar-refractivity contribution is -0.116. The molecule has 1 amide bonds. The summed E-state index contributed by atoms with van der Waals surface area (Å²) in [5.41, 5.74) is 0.708. The minimum absolute atomic E-state index is 0.219. The highest BCUT2D eigenvalue weighted by Crippen LogP contribution is 2.20. The molecule has 9 heteroatoms. The van der Waals surface area contributed by atoms with Gasteiger partial charge in [-0.05, 0) is 37.3 Å². The van der Waals surface area contributed by atoms with Crippen LogP contribution in [0.2, 0.25) is 0 Å². The smallest absolute Gasteiger partial charge is 0.331 e. The van der Waals surface area contributed by atoms with Crippen molar-refractivity contribution in [1.29, 1.82) is 0 Å². The molecule has 0 aliphatic carbocycles. The Kier molecular flexibility index (Phi) is 4.78. The number of aromatic nitrogens is 4. The van der Waals surface area contributed by atoms with E-state index in [1.165, 1.54) is 11.0 Å². The predicted octanol–water partition coefficient (Wildman–Crippen LogP) is 1.87. The van der Waals surface area contributed by atoms with Crippen LogP contribution in [0.25, 0.3) is 22.4 Å². The number of hydrogen-bond acceptors (Lipinski definition) is 6. The van der Waals surface area contributed by atoms with Crippen molar-refractivity contribution < 1.29 is 9.21 Å². The van der Waals surface area contributed by atoms with Crippen LogP contribution in [-0.2, 0) is 17.9 Å². The van der Waals surface area contributed by atoms with Gasteiger partial charge in [0.15, 0.2) is 0 Å². The molecule has 2 aromatic carbocycles. The highest BCUT2D eigenvalue weighted by atomic mass is 16.4. The number of nitrogens with zero attached hydrogens (tertiary/aromatic N) is 4. The molecule has 1 N–H and O–H groups in total. The molecule has 0 saturated carbocycles. The fourth-order valence-electron chi connectivity index (χ4n) is 3.18. The summed E-state index contributed by atoms with van der Waals surface area (Å²) in [6.45, 7) is 1.70. The summed E-state index contributed by atoms with van der Waals surface area (Å²) in [5, 5.41) is 10.6. The average Bonchev–Trinajstić information content (AvgIpc) is 3.27. The van der Waals surface area contributed by atoms with E-state index in [9.17, 15) is 14.4 Å². The largest absolute Gasteiger partial charge is 0.423 e. The summed E-state index contributed by atoms with van der Waals surface area (Å²) in [6.07, 6.45) is 1.22. The number of anilines is 1. The van der Waals surface area contributed by atoms with E-state index in [1.807, 2.05) is 0 Å². The third-order valence-corrected chi connectivity index (χ3v) is 4.50. The van der Waals surface area contributed by atoms with Gasteiger partial charge in [-0.3, -0.25) is 18.7 Å². The quantitative estimate of drug-likeness (QED) is 0.556. The minimum Gasteiger partial charge on any atom is -0.423 e. The zero-order chi connectivity index (χ0) is 20.4. The van der Waals surface area contributed by atoms with Gasteiger partial charge in [-0.1, -0.05) is 18.2 Å². The lowest BCUT2D eigenvalue weighted by Gasteiger charge is -2.13. The predicted molar refractivity (Wildman–Crippen MR) is 107 cm³/mol. The molecule has 0 aliphatic rings. The first-order chi connectivity index (χ1) is 14.1. The normalized spacial score (nSPS) is 10.9. The summed E-state index contributed by atoms with van der Waals surface area (Å²) in [5.74, 6) is -0.0698. The number of nitrogens with one attached hydrogen (secondary N) is 1. The van der Waals surface area contributed by atoms with Crippen LogP contribution >= 0.6 is 0 Å². The van der Waals surface area contributed by atoms with E-state index in [4.69, 9.17) is 4.42 Å². The molecular formula is C20H17N5O4. The molecule has 2 aromatic heterocycles. The zero-order valence-electron chi connectivity index (χ0n) is 15.5. The van der Waals surface area contributed by atoms with Gasteiger partial charge >= 0.3 is 5.69 Å². The van der Waals surface area contributed by atoms with Gasteiger partial charge in [-0.2, -0.15) is 0 Å². The molecule has 0 spiro atoms. The second-order valence-corrected chi connectivity index (χ2v) is 6.31. The van der Waals surface area contributed by atoms with Crippen molar-refractivity contribution in [3.05, 3.63) is 75.8 Å². The van der Waals surface area contributed by atoms with Crippen LogP contribution in [0.1, 0.15) is 6.92 Å². The molecular weight excluding hydrogens is 374 g/mol. The maximum atomic E-state index is 12.8. The fraction of sp³-hybridized carbons (Fsp3) is 0.150. The van der Waals surface area contributed by atoms with E-state index >= 15 is 0 Å². The maximum Gasteiger partial charge on any atom is 0.331 e. The van der Waals surface area contributed by atoms with Gasteiger partial charge in [0.25, 0.3) is 5.56 Å². The Morgan fingerprint density at radius 3 is 2.69 bits per heavy atom. The molecule has 9 nitrogen and oxygen atoms in total. The van der Waals surface area contributed by atoms with E-state index in [0.29, 0.717) is 28.0 Å². The summed E-state index contributed by atoms with van der Waals surface area (Å²) in [4.78, 5) is 37.9. The van der Waals surface area contributed by atoms with Crippen LogP contribution in [0.4, 0.5) is 5.69 Å². The Morgan fingerprint density at radius 1 is 1.10 bits per heavy atom. The molecule has 4 aromatic rings. The monoisotopic (exact) mass is 391 g/mol. The number of carbonyl (C=O) groups excluding carboxylic acids is 1. The maximum absolute atomic E-state index is 12.8. The number of rotatable bonds is 5. The summed E-state index contributed by atoms with van der Waals surface area (Å²) in [7, 11) is 0. The van der Waals surface area contributed by atoms with Gasteiger partial charge in [0.1, 0.15) is 6.54 Å². The van der Waals surface area contributed by atoms with Crippen LogP contribution in [0.15, 0.2) is 68.9 Å². The van der Waals surface area contributed by atoms with Crippen LogP contribution in [0.3, 0.4) is 0 Å². The van der Waals surface area contributed by atoms with Crippen LogP contribution in [-0.4, -0.2) is 25.2 Å². The van der Waals surface area contributed by atoms with Crippen molar-refractivity contribution in [2.24, 2.45) is 0 Å². The number of para-hydroxylation sites is 1. The van der Waals surface area contributed by atoms with Gasteiger partial charge < -0.3 is 9.73 Å². The van der Waals surface area contributed by atoms with E-state index < -0.39 is 11.6 Å². The molecule has 0 saturated heterocycles. The molecule has 29 heavy (non-hydrogen) atoms.